The molecule has 1 amide bonds. The van der Waals surface area contributed by atoms with E-state index in [0.717, 1.165) is 0 Å². The number of halogens is 1. The minimum atomic E-state index is -3.69. The molecular formula is C14H10ClNO3S. The van der Waals surface area contributed by atoms with Crippen molar-refractivity contribution in [3.63, 3.8) is 0 Å². The Kier molecular flexibility index (Phi) is 3.03. The third-order valence-corrected chi connectivity index (χ3v) is 5.38. The molecule has 0 saturated heterocycles. The molecule has 1 aliphatic rings. The van der Waals surface area contributed by atoms with Gasteiger partial charge in [0.1, 0.15) is 0 Å². The molecule has 1 N–H and O–H groups in total. The van der Waals surface area contributed by atoms with Gasteiger partial charge in [0.25, 0.3) is 5.91 Å². The Morgan fingerprint density at radius 1 is 1.00 bits per heavy atom. The molecule has 0 bridgehead atoms. The van der Waals surface area contributed by atoms with Crippen LogP contribution in [0.2, 0.25) is 5.02 Å². The van der Waals surface area contributed by atoms with Crippen LogP contribution in [-0.4, -0.2) is 14.3 Å². The first-order valence-electron chi connectivity index (χ1n) is 5.89. The smallest absolute Gasteiger partial charge is 0.252 e. The third-order valence-electron chi connectivity index (χ3n) is 3.20. The molecule has 0 saturated carbocycles. The van der Waals surface area contributed by atoms with Crippen molar-refractivity contribution >= 4 is 27.3 Å². The van der Waals surface area contributed by atoms with Crippen molar-refractivity contribution in [1.29, 1.82) is 0 Å². The van der Waals surface area contributed by atoms with Crippen LogP contribution in [0.3, 0.4) is 0 Å². The molecule has 0 aromatic heterocycles. The molecule has 1 heterocycles. The van der Waals surface area contributed by atoms with Crippen LogP contribution in [0, 0.1) is 0 Å². The summed E-state index contributed by atoms with van der Waals surface area (Å²) in [6.07, 6.45) is 0. The number of sulfone groups is 1. The van der Waals surface area contributed by atoms with E-state index in [-0.39, 0.29) is 10.8 Å². The maximum Gasteiger partial charge on any atom is 0.252 e. The Morgan fingerprint density at radius 3 is 2.35 bits per heavy atom. The van der Waals surface area contributed by atoms with Crippen LogP contribution in [0.5, 0.6) is 0 Å². The molecule has 0 spiro atoms. The Bertz CT molecular complexity index is 784. The summed E-state index contributed by atoms with van der Waals surface area (Å²) >= 11 is 5.76. The molecule has 6 heteroatoms. The van der Waals surface area contributed by atoms with Gasteiger partial charge in [-0.15, -0.1) is 0 Å². The first kappa shape index (κ1) is 13.1. The Balaban J connectivity index is 2.10. The highest BCUT2D eigenvalue weighted by atomic mass is 35.5. The van der Waals surface area contributed by atoms with E-state index in [1.54, 1.807) is 24.3 Å². The molecule has 0 fully saturated rings. The molecule has 0 aliphatic carbocycles. The molecule has 3 rings (SSSR count). The van der Waals surface area contributed by atoms with Crippen LogP contribution in [0.25, 0.3) is 0 Å². The molecule has 0 unspecified atom stereocenters. The molecule has 20 heavy (non-hydrogen) atoms. The fourth-order valence-corrected chi connectivity index (χ4v) is 3.93. The lowest BCUT2D eigenvalue weighted by Crippen LogP contribution is -2.26. The van der Waals surface area contributed by atoms with E-state index in [1.807, 2.05) is 0 Å². The van der Waals surface area contributed by atoms with Gasteiger partial charge in [0, 0.05) is 16.1 Å². The van der Waals surface area contributed by atoms with E-state index in [1.165, 1.54) is 24.3 Å². The first-order valence-corrected chi connectivity index (χ1v) is 7.82. The first-order chi connectivity index (χ1) is 9.50. The average molecular weight is 308 g/mol. The number of carbonyl (C=O) groups excluding carboxylic acids is 1. The Morgan fingerprint density at radius 2 is 1.65 bits per heavy atom. The lowest BCUT2D eigenvalue weighted by atomic mass is 10.1. The maximum absolute atomic E-state index is 12.6. The standard InChI is InChI=1S/C14H10ClNO3S/c15-9-5-7-10(8-6-9)20(18,19)14-12-4-2-1-3-11(12)13(17)16-14/h1-8,14H,(H,16,17)/t14-/m0/s1. The highest BCUT2D eigenvalue weighted by Gasteiger charge is 2.38. The summed E-state index contributed by atoms with van der Waals surface area (Å²) in [6.45, 7) is 0. The number of hydrogen-bond acceptors (Lipinski definition) is 3. The second-order valence-electron chi connectivity index (χ2n) is 4.44. The van der Waals surface area contributed by atoms with E-state index in [9.17, 15) is 13.2 Å². The predicted octanol–water partition coefficient (Wildman–Crippen LogP) is 2.56. The summed E-state index contributed by atoms with van der Waals surface area (Å²) in [7, 11) is -3.69. The van der Waals surface area contributed by atoms with Crippen molar-refractivity contribution in [2.75, 3.05) is 0 Å². The van der Waals surface area contributed by atoms with Crippen molar-refractivity contribution in [3.8, 4) is 0 Å². The van der Waals surface area contributed by atoms with Crippen molar-refractivity contribution in [2.24, 2.45) is 0 Å². The highest BCUT2D eigenvalue weighted by Crippen LogP contribution is 2.33. The summed E-state index contributed by atoms with van der Waals surface area (Å²) < 4.78 is 25.2. The predicted molar refractivity (Wildman–Crippen MR) is 75.3 cm³/mol. The summed E-state index contributed by atoms with van der Waals surface area (Å²) in [6, 6.07) is 12.6. The van der Waals surface area contributed by atoms with E-state index in [2.05, 4.69) is 5.32 Å². The van der Waals surface area contributed by atoms with Crippen molar-refractivity contribution in [1.82, 2.24) is 5.32 Å². The topological polar surface area (TPSA) is 63.2 Å². The van der Waals surface area contributed by atoms with Gasteiger partial charge >= 0.3 is 0 Å². The number of carbonyl (C=O) groups is 1. The minimum Gasteiger partial charge on any atom is -0.331 e. The van der Waals surface area contributed by atoms with E-state index < -0.39 is 15.2 Å². The molecule has 2 aromatic rings. The van der Waals surface area contributed by atoms with E-state index >= 15 is 0 Å². The van der Waals surface area contributed by atoms with Gasteiger partial charge in [0.2, 0.25) is 9.84 Å². The van der Waals surface area contributed by atoms with Gasteiger partial charge in [-0.05, 0) is 30.3 Å². The van der Waals surface area contributed by atoms with Gasteiger partial charge in [0.05, 0.1) is 4.90 Å². The van der Waals surface area contributed by atoms with Gasteiger partial charge in [-0.25, -0.2) is 8.42 Å². The van der Waals surface area contributed by atoms with Gasteiger partial charge in [-0.1, -0.05) is 29.8 Å². The quantitative estimate of drug-likeness (QED) is 0.927. The molecule has 0 radical (unpaired) electrons. The second-order valence-corrected chi connectivity index (χ2v) is 6.91. The number of fused-ring (bicyclic) bond motifs is 1. The van der Waals surface area contributed by atoms with Gasteiger partial charge in [-0.2, -0.15) is 0 Å². The average Bonchev–Trinajstić information content (AvgIpc) is 2.78. The number of hydrogen-bond donors (Lipinski definition) is 1. The van der Waals surface area contributed by atoms with Crippen LogP contribution < -0.4 is 5.32 Å². The normalized spacial score (nSPS) is 17.6. The van der Waals surface area contributed by atoms with Gasteiger partial charge in [-0.3, -0.25) is 4.79 Å². The zero-order valence-electron chi connectivity index (χ0n) is 10.2. The number of rotatable bonds is 2. The summed E-state index contributed by atoms with van der Waals surface area (Å²) in [4.78, 5) is 11.9. The largest absolute Gasteiger partial charge is 0.331 e. The van der Waals surface area contributed by atoms with E-state index in [0.29, 0.717) is 16.1 Å². The lowest BCUT2D eigenvalue weighted by Gasteiger charge is -2.13. The highest BCUT2D eigenvalue weighted by molar-refractivity contribution is 7.91. The lowest BCUT2D eigenvalue weighted by molar-refractivity contribution is 0.0963. The summed E-state index contributed by atoms with van der Waals surface area (Å²) in [5.74, 6) is -0.372. The molecule has 4 nitrogen and oxygen atoms in total. The van der Waals surface area contributed by atoms with Crippen LogP contribution in [0.15, 0.2) is 53.4 Å². The molecule has 2 aromatic carbocycles. The van der Waals surface area contributed by atoms with Crippen LogP contribution in [0.4, 0.5) is 0 Å². The molecular weight excluding hydrogens is 298 g/mol. The van der Waals surface area contributed by atoms with Gasteiger partial charge < -0.3 is 5.32 Å². The van der Waals surface area contributed by atoms with Crippen molar-refractivity contribution < 1.29 is 13.2 Å². The fourth-order valence-electron chi connectivity index (χ4n) is 2.21. The van der Waals surface area contributed by atoms with Gasteiger partial charge in [0.15, 0.2) is 5.37 Å². The number of nitrogens with one attached hydrogen (secondary N) is 1. The van der Waals surface area contributed by atoms with Crippen LogP contribution in [-0.2, 0) is 9.84 Å². The van der Waals surface area contributed by atoms with Crippen molar-refractivity contribution in [3.05, 3.63) is 64.7 Å². The maximum atomic E-state index is 12.6. The van der Waals surface area contributed by atoms with E-state index in [4.69, 9.17) is 11.6 Å². The zero-order valence-corrected chi connectivity index (χ0v) is 11.8. The zero-order chi connectivity index (χ0) is 14.3. The second kappa shape index (κ2) is 4.61. The third kappa shape index (κ3) is 1.99. The molecule has 102 valence electrons. The van der Waals surface area contributed by atoms with Crippen LogP contribution in [0.1, 0.15) is 21.3 Å². The SMILES string of the molecule is O=C1N[C@@H](S(=O)(=O)c2ccc(Cl)cc2)c2ccccc21. The molecule has 1 atom stereocenters. The molecule has 1 aliphatic heterocycles. The summed E-state index contributed by atoms with van der Waals surface area (Å²) in [5, 5.41) is 1.92. The Hall–Kier alpha value is -1.85. The van der Waals surface area contributed by atoms with Crippen molar-refractivity contribution in [2.45, 2.75) is 10.3 Å². The minimum absolute atomic E-state index is 0.129. The van der Waals surface area contributed by atoms with Crippen LogP contribution >= 0.6 is 11.6 Å². The Labute approximate surface area is 121 Å². The number of amides is 1. The summed E-state index contributed by atoms with van der Waals surface area (Å²) in [5.41, 5.74) is 0.877. The monoisotopic (exact) mass is 307 g/mol. The fraction of sp³-hybridized carbons (Fsp3) is 0.0714. The number of benzene rings is 2.